The maximum absolute atomic E-state index is 12.0. The van der Waals surface area contributed by atoms with Crippen LogP contribution in [0.25, 0.3) is 11.4 Å². The number of hydrazone groups is 1. The average molecular weight is 525 g/mol. The molecular weight excluding hydrogens is 510 g/mol. The minimum absolute atomic E-state index is 0.108. The third-order valence-corrected chi connectivity index (χ3v) is 5.87. The van der Waals surface area contributed by atoms with Gasteiger partial charge in [0.25, 0.3) is 5.91 Å². The maximum atomic E-state index is 12.0. The molecule has 0 radical (unpaired) electrons. The Morgan fingerprint density at radius 3 is 2.61 bits per heavy atom. The first kappa shape index (κ1) is 20.6. The van der Waals surface area contributed by atoms with Gasteiger partial charge in [-0.15, -0.1) is 10.2 Å². The molecule has 0 aliphatic rings. The number of aromatic nitrogens is 3. The average Bonchev–Trinajstić information content (AvgIpc) is 3.05. The summed E-state index contributed by atoms with van der Waals surface area (Å²) in [5, 5.41) is 22.6. The number of rotatable bonds is 6. The molecule has 1 aromatic heterocycles. The molecule has 1 amide bonds. The lowest BCUT2D eigenvalue weighted by Crippen LogP contribution is -2.19. The number of amides is 1. The Morgan fingerprint density at radius 1 is 1.25 bits per heavy atom. The number of phenolic OH excluding ortho intramolecular Hbond substituents is 1. The molecule has 0 saturated carbocycles. The Kier molecular flexibility index (Phi) is 6.87. The van der Waals surface area contributed by atoms with Crippen molar-refractivity contribution in [2.45, 2.75) is 5.16 Å². The first-order valence-electron chi connectivity index (χ1n) is 8.03. The van der Waals surface area contributed by atoms with Crippen molar-refractivity contribution in [1.82, 2.24) is 20.2 Å². The number of hydrogen-bond donors (Lipinski definition) is 2. The van der Waals surface area contributed by atoms with Crippen LogP contribution in [0.3, 0.4) is 0 Å². The van der Waals surface area contributed by atoms with Gasteiger partial charge in [0.2, 0.25) is 0 Å². The zero-order chi connectivity index (χ0) is 20.1. The lowest BCUT2D eigenvalue weighted by Gasteiger charge is -2.04. The lowest BCUT2D eigenvalue weighted by atomic mass is 10.2. The quantitative estimate of drug-likeness (QED) is 0.289. The van der Waals surface area contributed by atoms with Gasteiger partial charge in [0.15, 0.2) is 11.0 Å². The summed E-state index contributed by atoms with van der Waals surface area (Å²) >= 11 is 7.77. The summed E-state index contributed by atoms with van der Waals surface area (Å²) in [6.45, 7) is 0. The Hall–Kier alpha value is -2.17. The van der Waals surface area contributed by atoms with Crippen molar-refractivity contribution < 1.29 is 9.90 Å². The van der Waals surface area contributed by atoms with Gasteiger partial charge in [-0.25, -0.2) is 5.43 Å². The van der Waals surface area contributed by atoms with Crippen LogP contribution in [-0.2, 0) is 11.8 Å². The Balaban J connectivity index is 1.56. The van der Waals surface area contributed by atoms with Crippen LogP contribution in [-0.4, -0.2) is 37.7 Å². The molecule has 0 spiro atoms. The minimum atomic E-state index is -0.262. The zero-order valence-electron chi connectivity index (χ0n) is 14.6. The van der Waals surface area contributed by atoms with Crippen LogP contribution in [0.15, 0.2) is 61.7 Å². The second-order valence-electron chi connectivity index (χ2n) is 5.65. The molecule has 7 nitrogen and oxygen atoms in total. The normalized spacial score (nSPS) is 11.1. The number of nitrogens with zero attached hydrogens (tertiary/aromatic N) is 4. The van der Waals surface area contributed by atoms with Crippen LogP contribution in [0.4, 0.5) is 0 Å². The fourth-order valence-electron chi connectivity index (χ4n) is 2.28. The van der Waals surface area contributed by atoms with Crippen molar-refractivity contribution in [2.24, 2.45) is 12.1 Å². The van der Waals surface area contributed by atoms with Gasteiger partial charge < -0.3 is 9.67 Å². The van der Waals surface area contributed by atoms with Crippen LogP contribution in [0, 0.1) is 0 Å². The van der Waals surface area contributed by atoms with E-state index in [2.05, 4.69) is 52.6 Å². The highest BCUT2D eigenvalue weighted by Gasteiger charge is 2.12. The van der Waals surface area contributed by atoms with Crippen molar-refractivity contribution in [1.29, 1.82) is 0 Å². The van der Waals surface area contributed by atoms with Crippen LogP contribution in [0.2, 0.25) is 0 Å². The molecule has 0 saturated heterocycles. The monoisotopic (exact) mass is 523 g/mol. The smallest absolute Gasteiger partial charge is 0.250 e. The molecule has 2 aromatic carbocycles. The molecular formula is C18H15Br2N5O2S. The number of halogens is 2. The van der Waals surface area contributed by atoms with Crippen molar-refractivity contribution in [3.05, 3.63) is 57.0 Å². The van der Waals surface area contributed by atoms with E-state index in [1.807, 2.05) is 41.9 Å². The molecule has 0 atom stereocenters. The third kappa shape index (κ3) is 5.00. The van der Waals surface area contributed by atoms with E-state index in [1.54, 1.807) is 12.1 Å². The molecule has 3 aromatic rings. The Labute approximate surface area is 182 Å². The van der Waals surface area contributed by atoms with Crippen molar-refractivity contribution >= 4 is 55.7 Å². The summed E-state index contributed by atoms with van der Waals surface area (Å²) in [5.74, 6) is 0.740. The first-order chi connectivity index (χ1) is 13.5. The second-order valence-corrected chi connectivity index (χ2v) is 8.30. The first-order valence-corrected chi connectivity index (χ1v) is 10.6. The molecule has 10 heteroatoms. The van der Waals surface area contributed by atoms with Gasteiger partial charge >= 0.3 is 0 Å². The van der Waals surface area contributed by atoms with Gasteiger partial charge in [-0.3, -0.25) is 4.79 Å². The van der Waals surface area contributed by atoms with E-state index in [1.165, 1.54) is 18.0 Å². The zero-order valence-corrected chi connectivity index (χ0v) is 18.6. The predicted octanol–water partition coefficient (Wildman–Crippen LogP) is 3.96. The SMILES string of the molecule is Cn1c(SCC(=O)N/N=C/c2cc(Br)c(O)c(Br)c2)nnc1-c1ccccc1. The molecule has 28 heavy (non-hydrogen) atoms. The number of nitrogens with one attached hydrogen (secondary N) is 1. The number of aromatic hydroxyl groups is 1. The summed E-state index contributed by atoms with van der Waals surface area (Å²) in [6, 6.07) is 13.1. The molecule has 0 aliphatic carbocycles. The molecule has 0 aliphatic heterocycles. The summed E-state index contributed by atoms with van der Waals surface area (Å²) in [5.41, 5.74) is 4.15. The summed E-state index contributed by atoms with van der Waals surface area (Å²) in [4.78, 5) is 12.0. The van der Waals surface area contributed by atoms with Gasteiger partial charge in [-0.05, 0) is 49.6 Å². The number of benzene rings is 2. The third-order valence-electron chi connectivity index (χ3n) is 3.64. The molecule has 0 bridgehead atoms. The van der Waals surface area contributed by atoms with Crippen molar-refractivity contribution in [2.75, 3.05) is 5.75 Å². The lowest BCUT2D eigenvalue weighted by molar-refractivity contribution is -0.118. The highest BCUT2D eigenvalue weighted by atomic mass is 79.9. The number of carbonyl (C=O) groups is 1. The van der Waals surface area contributed by atoms with E-state index in [-0.39, 0.29) is 17.4 Å². The fourth-order valence-corrected chi connectivity index (χ4v) is 4.21. The van der Waals surface area contributed by atoms with E-state index >= 15 is 0 Å². The van der Waals surface area contributed by atoms with Crippen molar-refractivity contribution in [3.8, 4) is 17.1 Å². The van der Waals surface area contributed by atoms with Gasteiger partial charge in [0.1, 0.15) is 5.75 Å². The van der Waals surface area contributed by atoms with Gasteiger partial charge in [0, 0.05) is 12.6 Å². The van der Waals surface area contributed by atoms with E-state index in [0.717, 1.165) is 11.4 Å². The number of thioether (sulfide) groups is 1. The standard InChI is InChI=1S/C18H15Br2N5O2S/c1-25-17(12-5-3-2-4-6-12)23-24-18(25)28-10-15(26)22-21-9-11-7-13(19)16(27)14(20)8-11/h2-9,27H,10H2,1H3,(H,22,26)/b21-9+. The van der Waals surface area contributed by atoms with Crippen LogP contribution < -0.4 is 5.43 Å². The van der Waals surface area contributed by atoms with Gasteiger partial charge in [-0.1, -0.05) is 42.1 Å². The Morgan fingerprint density at radius 2 is 1.93 bits per heavy atom. The maximum Gasteiger partial charge on any atom is 0.250 e. The van der Waals surface area contributed by atoms with Crippen molar-refractivity contribution in [3.63, 3.8) is 0 Å². The molecule has 3 rings (SSSR count). The molecule has 0 fully saturated rings. The van der Waals surface area contributed by atoms with Crippen LogP contribution in [0.1, 0.15) is 5.56 Å². The molecule has 0 unspecified atom stereocenters. The summed E-state index contributed by atoms with van der Waals surface area (Å²) < 4.78 is 2.91. The highest BCUT2D eigenvalue weighted by molar-refractivity contribution is 9.11. The van der Waals surface area contributed by atoms with Crippen LogP contribution in [0.5, 0.6) is 5.75 Å². The number of hydrogen-bond acceptors (Lipinski definition) is 6. The largest absolute Gasteiger partial charge is 0.506 e. The van der Waals surface area contributed by atoms with E-state index in [9.17, 15) is 9.90 Å². The van der Waals surface area contributed by atoms with E-state index in [4.69, 9.17) is 0 Å². The fraction of sp³-hybridized carbons (Fsp3) is 0.111. The second kappa shape index (κ2) is 9.35. The number of carbonyl (C=O) groups excluding carboxylic acids is 1. The summed E-state index contributed by atoms with van der Waals surface area (Å²) in [6.07, 6.45) is 1.49. The minimum Gasteiger partial charge on any atom is -0.506 e. The van der Waals surface area contributed by atoms with Gasteiger partial charge in [-0.2, -0.15) is 5.10 Å². The predicted molar refractivity (Wildman–Crippen MR) is 116 cm³/mol. The molecule has 2 N–H and O–H groups in total. The number of phenols is 1. The topological polar surface area (TPSA) is 92.4 Å². The highest BCUT2D eigenvalue weighted by Crippen LogP contribution is 2.32. The van der Waals surface area contributed by atoms with E-state index in [0.29, 0.717) is 19.7 Å². The molecule has 1 heterocycles. The molecule has 144 valence electrons. The van der Waals surface area contributed by atoms with E-state index < -0.39 is 0 Å². The van der Waals surface area contributed by atoms with Crippen LogP contribution >= 0.6 is 43.6 Å². The van der Waals surface area contributed by atoms with Gasteiger partial charge in [0.05, 0.1) is 20.9 Å². The summed E-state index contributed by atoms with van der Waals surface area (Å²) in [7, 11) is 1.86. The Bertz CT molecular complexity index is 1000.